The Bertz CT molecular complexity index is 658. The highest BCUT2D eigenvalue weighted by Gasteiger charge is 2.48. The monoisotopic (exact) mass is 317 g/mol. The third-order valence-corrected chi connectivity index (χ3v) is 4.92. The molecule has 0 spiro atoms. The largest absolute Gasteiger partial charge is 0.486 e. The highest BCUT2D eigenvalue weighted by molar-refractivity contribution is 5.88. The molecule has 6 nitrogen and oxygen atoms in total. The van der Waals surface area contributed by atoms with Gasteiger partial charge in [-0.2, -0.15) is 0 Å². The summed E-state index contributed by atoms with van der Waals surface area (Å²) in [6.45, 7) is 1.65. The van der Waals surface area contributed by atoms with Gasteiger partial charge in [0.25, 0.3) is 0 Å². The molecule has 2 aliphatic heterocycles. The van der Waals surface area contributed by atoms with Crippen LogP contribution in [-0.4, -0.2) is 47.7 Å². The predicted octanol–water partition coefficient (Wildman–Crippen LogP) is 1.64. The number of rotatable bonds is 3. The zero-order valence-electron chi connectivity index (χ0n) is 12.7. The van der Waals surface area contributed by atoms with Crippen LogP contribution in [0.5, 0.6) is 11.5 Å². The molecule has 1 N–H and O–H groups in total. The molecule has 0 unspecified atom stereocenters. The Labute approximate surface area is 134 Å². The molecule has 0 radical (unpaired) electrons. The molecular weight excluding hydrogens is 298 g/mol. The second kappa shape index (κ2) is 5.44. The molecule has 4 rings (SSSR count). The lowest BCUT2D eigenvalue weighted by Gasteiger charge is -2.22. The van der Waals surface area contributed by atoms with Crippen LogP contribution in [0.4, 0.5) is 0 Å². The first-order chi connectivity index (χ1) is 11.1. The molecule has 3 atom stereocenters. The SMILES string of the molecule is O=C(O)[C@@H]1CCCN1C(=O)[C@H]1C[C@@H]1c1ccc2c(c1)OCCO2. The van der Waals surface area contributed by atoms with Crippen LogP contribution in [0.3, 0.4) is 0 Å². The van der Waals surface area contributed by atoms with Crippen molar-refractivity contribution in [2.24, 2.45) is 5.92 Å². The lowest BCUT2D eigenvalue weighted by molar-refractivity contribution is -0.148. The zero-order valence-corrected chi connectivity index (χ0v) is 12.7. The van der Waals surface area contributed by atoms with E-state index in [0.29, 0.717) is 26.2 Å². The maximum atomic E-state index is 12.6. The van der Waals surface area contributed by atoms with E-state index >= 15 is 0 Å². The summed E-state index contributed by atoms with van der Waals surface area (Å²) in [5.41, 5.74) is 1.07. The molecule has 1 aromatic rings. The van der Waals surface area contributed by atoms with E-state index in [1.807, 2.05) is 18.2 Å². The number of hydrogen-bond donors (Lipinski definition) is 1. The van der Waals surface area contributed by atoms with E-state index in [-0.39, 0.29) is 17.7 Å². The van der Waals surface area contributed by atoms with Gasteiger partial charge in [-0.05, 0) is 42.9 Å². The van der Waals surface area contributed by atoms with Gasteiger partial charge in [-0.1, -0.05) is 6.07 Å². The molecule has 1 saturated heterocycles. The molecule has 1 aliphatic carbocycles. The second-order valence-corrected chi connectivity index (χ2v) is 6.38. The van der Waals surface area contributed by atoms with Gasteiger partial charge in [0, 0.05) is 12.5 Å². The second-order valence-electron chi connectivity index (χ2n) is 6.38. The van der Waals surface area contributed by atoms with Crippen molar-refractivity contribution in [3.8, 4) is 11.5 Å². The standard InChI is InChI=1S/C17H19NO5/c19-16(18-5-1-2-13(18)17(20)21)12-9-11(12)10-3-4-14-15(8-10)23-7-6-22-14/h3-4,8,11-13H,1-2,5-7,9H2,(H,20,21)/t11-,12+,13+/m1/s1. The molecule has 3 aliphatic rings. The van der Waals surface area contributed by atoms with E-state index in [1.54, 1.807) is 4.90 Å². The molecular formula is C17H19NO5. The fraction of sp³-hybridized carbons (Fsp3) is 0.529. The van der Waals surface area contributed by atoms with Crippen LogP contribution in [0.1, 0.15) is 30.7 Å². The lowest BCUT2D eigenvalue weighted by Crippen LogP contribution is -2.41. The Morgan fingerprint density at radius 2 is 1.96 bits per heavy atom. The number of likely N-dealkylation sites (tertiary alicyclic amines) is 1. The number of nitrogens with zero attached hydrogens (tertiary/aromatic N) is 1. The van der Waals surface area contributed by atoms with Crippen molar-refractivity contribution in [3.63, 3.8) is 0 Å². The van der Waals surface area contributed by atoms with E-state index in [9.17, 15) is 14.7 Å². The van der Waals surface area contributed by atoms with Crippen LogP contribution in [0.2, 0.25) is 0 Å². The Kier molecular flexibility index (Phi) is 3.39. The topological polar surface area (TPSA) is 76.1 Å². The van der Waals surface area contributed by atoms with Crippen LogP contribution < -0.4 is 9.47 Å². The van der Waals surface area contributed by atoms with Crippen molar-refractivity contribution < 1.29 is 24.2 Å². The van der Waals surface area contributed by atoms with Crippen molar-refractivity contribution in [2.75, 3.05) is 19.8 Å². The quantitative estimate of drug-likeness (QED) is 0.917. The number of hydrogen-bond acceptors (Lipinski definition) is 4. The molecule has 0 aromatic heterocycles. The van der Waals surface area contributed by atoms with Crippen molar-refractivity contribution in [1.82, 2.24) is 4.90 Å². The number of carboxylic acid groups (broad SMARTS) is 1. The molecule has 122 valence electrons. The Hall–Kier alpha value is -2.24. The number of fused-ring (bicyclic) bond motifs is 1. The third-order valence-electron chi connectivity index (χ3n) is 4.92. The van der Waals surface area contributed by atoms with Crippen LogP contribution in [0, 0.1) is 5.92 Å². The third kappa shape index (κ3) is 2.52. The molecule has 1 saturated carbocycles. The average Bonchev–Trinajstić information content (AvgIpc) is 3.21. The Morgan fingerprint density at radius 3 is 2.74 bits per heavy atom. The molecule has 2 fully saturated rings. The van der Waals surface area contributed by atoms with Gasteiger partial charge in [0.15, 0.2) is 11.5 Å². The summed E-state index contributed by atoms with van der Waals surface area (Å²) in [4.78, 5) is 25.4. The summed E-state index contributed by atoms with van der Waals surface area (Å²) in [6, 6.07) is 5.17. The van der Waals surface area contributed by atoms with Crippen LogP contribution in [-0.2, 0) is 9.59 Å². The number of carbonyl (C=O) groups excluding carboxylic acids is 1. The molecule has 6 heteroatoms. The molecule has 23 heavy (non-hydrogen) atoms. The van der Waals surface area contributed by atoms with Gasteiger partial charge < -0.3 is 19.5 Å². The zero-order chi connectivity index (χ0) is 16.0. The summed E-state index contributed by atoms with van der Waals surface area (Å²) in [7, 11) is 0. The number of amides is 1. The summed E-state index contributed by atoms with van der Waals surface area (Å²) in [6.07, 6.45) is 2.11. The van der Waals surface area contributed by atoms with E-state index in [0.717, 1.165) is 29.9 Å². The number of aliphatic carboxylic acids is 1. The highest BCUT2D eigenvalue weighted by Crippen LogP contribution is 2.50. The van der Waals surface area contributed by atoms with E-state index in [4.69, 9.17) is 9.47 Å². The summed E-state index contributed by atoms with van der Waals surface area (Å²) in [5.74, 6) is 0.624. The van der Waals surface area contributed by atoms with Gasteiger partial charge in [-0.15, -0.1) is 0 Å². The minimum absolute atomic E-state index is 0.0187. The van der Waals surface area contributed by atoms with Crippen molar-refractivity contribution in [3.05, 3.63) is 23.8 Å². The Balaban J connectivity index is 1.47. The smallest absolute Gasteiger partial charge is 0.326 e. The van der Waals surface area contributed by atoms with Crippen LogP contribution in [0.15, 0.2) is 18.2 Å². The highest BCUT2D eigenvalue weighted by atomic mass is 16.6. The minimum atomic E-state index is -0.896. The fourth-order valence-electron chi connectivity index (χ4n) is 3.63. The molecule has 0 bridgehead atoms. The first-order valence-corrected chi connectivity index (χ1v) is 8.08. The van der Waals surface area contributed by atoms with E-state index < -0.39 is 12.0 Å². The van der Waals surface area contributed by atoms with Gasteiger partial charge in [0.2, 0.25) is 5.91 Å². The van der Waals surface area contributed by atoms with Gasteiger partial charge in [0.1, 0.15) is 19.3 Å². The van der Waals surface area contributed by atoms with Crippen molar-refractivity contribution in [2.45, 2.75) is 31.2 Å². The van der Waals surface area contributed by atoms with E-state index in [2.05, 4.69) is 0 Å². The fourth-order valence-corrected chi connectivity index (χ4v) is 3.63. The number of carbonyl (C=O) groups is 2. The van der Waals surface area contributed by atoms with Crippen molar-refractivity contribution in [1.29, 1.82) is 0 Å². The molecule has 1 amide bonds. The van der Waals surface area contributed by atoms with Crippen LogP contribution in [0.25, 0.3) is 0 Å². The first-order valence-electron chi connectivity index (χ1n) is 8.08. The van der Waals surface area contributed by atoms with Crippen LogP contribution >= 0.6 is 0 Å². The average molecular weight is 317 g/mol. The summed E-state index contributed by atoms with van der Waals surface area (Å²) < 4.78 is 11.1. The maximum Gasteiger partial charge on any atom is 0.326 e. The Morgan fingerprint density at radius 1 is 1.17 bits per heavy atom. The number of ether oxygens (including phenoxy) is 2. The van der Waals surface area contributed by atoms with Gasteiger partial charge in [0.05, 0.1) is 0 Å². The van der Waals surface area contributed by atoms with Gasteiger partial charge in [-0.25, -0.2) is 4.79 Å². The lowest BCUT2D eigenvalue weighted by atomic mass is 10.1. The van der Waals surface area contributed by atoms with E-state index in [1.165, 1.54) is 0 Å². The maximum absolute atomic E-state index is 12.6. The number of benzene rings is 1. The first kappa shape index (κ1) is 14.4. The van der Waals surface area contributed by atoms with Gasteiger partial charge >= 0.3 is 5.97 Å². The number of carboxylic acids is 1. The summed E-state index contributed by atoms with van der Waals surface area (Å²) in [5, 5.41) is 9.23. The molecule has 2 heterocycles. The normalized spacial score (nSPS) is 28.5. The predicted molar refractivity (Wildman–Crippen MR) is 80.7 cm³/mol. The van der Waals surface area contributed by atoms with Gasteiger partial charge in [-0.3, -0.25) is 4.79 Å². The summed E-state index contributed by atoms with van der Waals surface area (Å²) >= 11 is 0. The minimum Gasteiger partial charge on any atom is -0.486 e. The molecule has 1 aromatic carbocycles. The van der Waals surface area contributed by atoms with Crippen molar-refractivity contribution >= 4 is 11.9 Å².